The minimum atomic E-state index is -0.653. The van der Waals surface area contributed by atoms with Crippen molar-refractivity contribution >= 4 is 5.97 Å². The summed E-state index contributed by atoms with van der Waals surface area (Å²) in [4.78, 5) is 13.7. The fourth-order valence-corrected chi connectivity index (χ4v) is 3.10. The van der Waals surface area contributed by atoms with E-state index in [1.165, 1.54) is 22.3 Å². The maximum absolute atomic E-state index is 11.3. The molecule has 1 heterocycles. The summed E-state index contributed by atoms with van der Waals surface area (Å²) in [7, 11) is 0. The molecule has 3 nitrogen and oxygen atoms in total. The average molecular weight is 275 g/mol. The van der Waals surface area contributed by atoms with E-state index in [1.807, 2.05) is 6.92 Å². The number of carboxylic acids is 1. The lowest BCUT2D eigenvalue weighted by Gasteiger charge is -2.36. The number of aliphatic carboxylic acids is 1. The summed E-state index contributed by atoms with van der Waals surface area (Å²) in [6.45, 7) is 11.0. The second-order valence-electron chi connectivity index (χ2n) is 6.52. The highest BCUT2D eigenvalue weighted by Crippen LogP contribution is 2.32. The van der Waals surface area contributed by atoms with E-state index in [0.717, 1.165) is 32.5 Å². The van der Waals surface area contributed by atoms with Crippen molar-refractivity contribution < 1.29 is 9.90 Å². The van der Waals surface area contributed by atoms with Gasteiger partial charge in [-0.15, -0.1) is 0 Å². The molecule has 1 aliphatic heterocycles. The third-order valence-electron chi connectivity index (χ3n) is 4.70. The van der Waals surface area contributed by atoms with Crippen LogP contribution in [-0.2, 0) is 11.3 Å². The first-order chi connectivity index (χ1) is 9.32. The second-order valence-corrected chi connectivity index (χ2v) is 6.52. The monoisotopic (exact) mass is 275 g/mol. The Morgan fingerprint density at radius 1 is 1.20 bits per heavy atom. The van der Waals surface area contributed by atoms with Gasteiger partial charge in [0, 0.05) is 6.54 Å². The number of rotatable bonds is 3. The number of piperidine rings is 1. The average Bonchev–Trinajstić information content (AvgIpc) is 2.36. The van der Waals surface area contributed by atoms with Gasteiger partial charge in [-0.1, -0.05) is 17.7 Å². The Bertz CT molecular complexity index is 491. The Balaban J connectivity index is 2.05. The van der Waals surface area contributed by atoms with Crippen molar-refractivity contribution in [3.63, 3.8) is 0 Å². The first-order valence-electron chi connectivity index (χ1n) is 7.34. The summed E-state index contributed by atoms with van der Waals surface area (Å²) in [5, 5.41) is 9.27. The first kappa shape index (κ1) is 15.0. The van der Waals surface area contributed by atoms with Crippen LogP contribution in [0, 0.1) is 26.2 Å². The summed E-state index contributed by atoms with van der Waals surface area (Å²) in [5.41, 5.74) is 4.85. The number of nitrogens with zero attached hydrogens (tertiary/aromatic N) is 1. The van der Waals surface area contributed by atoms with Crippen LogP contribution in [0.25, 0.3) is 0 Å². The van der Waals surface area contributed by atoms with Gasteiger partial charge in [0.05, 0.1) is 5.41 Å². The lowest BCUT2D eigenvalue weighted by atomic mass is 9.80. The van der Waals surface area contributed by atoms with Gasteiger partial charge in [-0.3, -0.25) is 9.69 Å². The molecule has 1 aromatic carbocycles. The van der Waals surface area contributed by atoms with Crippen LogP contribution >= 0.6 is 0 Å². The molecule has 0 saturated carbocycles. The topological polar surface area (TPSA) is 40.5 Å². The summed E-state index contributed by atoms with van der Waals surface area (Å²) in [5.74, 6) is -0.653. The molecular formula is C17H25NO2. The fourth-order valence-electron chi connectivity index (χ4n) is 3.10. The van der Waals surface area contributed by atoms with E-state index in [2.05, 4.69) is 37.8 Å². The van der Waals surface area contributed by atoms with Crippen LogP contribution in [0.2, 0.25) is 0 Å². The molecule has 110 valence electrons. The highest BCUT2D eigenvalue weighted by Gasteiger charge is 2.36. The van der Waals surface area contributed by atoms with Gasteiger partial charge in [-0.25, -0.2) is 0 Å². The van der Waals surface area contributed by atoms with Crippen LogP contribution < -0.4 is 0 Å². The van der Waals surface area contributed by atoms with Crippen LogP contribution in [0.15, 0.2) is 12.1 Å². The molecule has 0 amide bonds. The van der Waals surface area contributed by atoms with E-state index in [-0.39, 0.29) is 0 Å². The van der Waals surface area contributed by atoms with E-state index in [1.54, 1.807) is 0 Å². The van der Waals surface area contributed by atoms with Crippen LogP contribution in [0.3, 0.4) is 0 Å². The van der Waals surface area contributed by atoms with E-state index >= 15 is 0 Å². The predicted molar refractivity (Wildman–Crippen MR) is 80.9 cm³/mol. The van der Waals surface area contributed by atoms with Gasteiger partial charge in [0.1, 0.15) is 0 Å². The molecule has 1 aromatic rings. The number of hydrogen-bond acceptors (Lipinski definition) is 2. The Kier molecular flexibility index (Phi) is 4.19. The SMILES string of the molecule is Cc1cc(C)c(CN2CCC(C)(C(=O)O)CC2)c(C)c1. The van der Waals surface area contributed by atoms with E-state index in [0.29, 0.717) is 0 Å². The second kappa shape index (κ2) is 5.57. The molecule has 0 bridgehead atoms. The maximum atomic E-state index is 11.3. The number of benzene rings is 1. The predicted octanol–water partition coefficient (Wildman–Crippen LogP) is 3.30. The molecule has 0 aromatic heterocycles. The van der Waals surface area contributed by atoms with Crippen molar-refractivity contribution in [1.29, 1.82) is 0 Å². The first-order valence-corrected chi connectivity index (χ1v) is 7.34. The highest BCUT2D eigenvalue weighted by molar-refractivity contribution is 5.74. The quantitative estimate of drug-likeness (QED) is 0.920. The fraction of sp³-hybridized carbons (Fsp3) is 0.588. The molecule has 1 saturated heterocycles. The summed E-state index contributed by atoms with van der Waals surface area (Å²) < 4.78 is 0. The number of aryl methyl sites for hydroxylation is 3. The van der Waals surface area contributed by atoms with Crippen molar-refractivity contribution in [2.45, 2.75) is 47.1 Å². The Morgan fingerprint density at radius 3 is 2.15 bits per heavy atom. The minimum Gasteiger partial charge on any atom is -0.481 e. The molecule has 0 unspecified atom stereocenters. The number of likely N-dealkylation sites (tertiary alicyclic amines) is 1. The molecule has 0 aliphatic carbocycles. The number of carbonyl (C=O) groups is 1. The molecule has 1 fully saturated rings. The largest absolute Gasteiger partial charge is 0.481 e. The summed E-state index contributed by atoms with van der Waals surface area (Å²) in [6.07, 6.45) is 1.48. The maximum Gasteiger partial charge on any atom is 0.309 e. The van der Waals surface area contributed by atoms with Crippen LogP contribution in [0.1, 0.15) is 42.0 Å². The lowest BCUT2D eigenvalue weighted by Crippen LogP contribution is -2.42. The molecule has 20 heavy (non-hydrogen) atoms. The van der Waals surface area contributed by atoms with Gasteiger partial charge in [0.25, 0.3) is 0 Å². The van der Waals surface area contributed by atoms with Gasteiger partial charge in [0.15, 0.2) is 0 Å². The lowest BCUT2D eigenvalue weighted by molar-refractivity contribution is -0.150. The summed E-state index contributed by atoms with van der Waals surface area (Å²) in [6, 6.07) is 4.46. The normalized spacial score (nSPS) is 19.0. The van der Waals surface area contributed by atoms with E-state index < -0.39 is 11.4 Å². The molecule has 0 spiro atoms. The van der Waals surface area contributed by atoms with Crippen molar-refractivity contribution in [2.75, 3.05) is 13.1 Å². The molecule has 0 atom stereocenters. The Morgan fingerprint density at radius 2 is 1.70 bits per heavy atom. The van der Waals surface area contributed by atoms with Gasteiger partial charge in [-0.05, 0) is 70.3 Å². The van der Waals surface area contributed by atoms with Crippen molar-refractivity contribution in [3.05, 3.63) is 34.4 Å². The molecule has 3 heteroatoms. The molecular weight excluding hydrogens is 250 g/mol. The van der Waals surface area contributed by atoms with Gasteiger partial charge >= 0.3 is 5.97 Å². The van der Waals surface area contributed by atoms with Crippen LogP contribution in [-0.4, -0.2) is 29.1 Å². The minimum absolute atomic E-state index is 0.534. The van der Waals surface area contributed by atoms with Crippen molar-refractivity contribution in [1.82, 2.24) is 4.90 Å². The third-order valence-corrected chi connectivity index (χ3v) is 4.70. The molecule has 1 aliphatic rings. The number of hydrogen-bond donors (Lipinski definition) is 1. The third kappa shape index (κ3) is 3.04. The number of carboxylic acid groups (broad SMARTS) is 1. The van der Waals surface area contributed by atoms with Crippen molar-refractivity contribution in [3.8, 4) is 0 Å². The Labute approximate surface area is 121 Å². The van der Waals surface area contributed by atoms with Crippen LogP contribution in [0.5, 0.6) is 0 Å². The van der Waals surface area contributed by atoms with E-state index in [4.69, 9.17) is 0 Å². The van der Waals surface area contributed by atoms with Crippen LogP contribution in [0.4, 0.5) is 0 Å². The van der Waals surface area contributed by atoms with Gasteiger partial charge in [0.2, 0.25) is 0 Å². The van der Waals surface area contributed by atoms with E-state index in [9.17, 15) is 9.90 Å². The Hall–Kier alpha value is -1.35. The zero-order valence-electron chi connectivity index (χ0n) is 13.0. The zero-order chi connectivity index (χ0) is 14.9. The van der Waals surface area contributed by atoms with Crippen molar-refractivity contribution in [2.24, 2.45) is 5.41 Å². The highest BCUT2D eigenvalue weighted by atomic mass is 16.4. The molecule has 1 N–H and O–H groups in total. The zero-order valence-corrected chi connectivity index (χ0v) is 13.0. The standard InChI is InChI=1S/C17H25NO2/c1-12-9-13(2)15(14(3)10-12)11-18-7-5-17(4,6-8-18)16(19)20/h9-10H,5-8,11H2,1-4H3,(H,19,20). The molecule has 0 radical (unpaired) electrons. The smallest absolute Gasteiger partial charge is 0.309 e. The summed E-state index contributed by atoms with van der Waals surface area (Å²) >= 11 is 0. The molecule has 2 rings (SSSR count). The van der Waals surface area contributed by atoms with Gasteiger partial charge < -0.3 is 5.11 Å². The van der Waals surface area contributed by atoms with Gasteiger partial charge in [-0.2, -0.15) is 0 Å².